The molecule has 6 aromatic heterocycles. The number of rotatable bonds is 11. The number of aromatic nitrogens is 8. The molecular weight excluding hydrogens is 1170 g/mol. The van der Waals surface area contributed by atoms with Gasteiger partial charge in [0.05, 0.1) is 69.3 Å². The van der Waals surface area contributed by atoms with Gasteiger partial charge in [-0.25, -0.2) is 14.4 Å². The van der Waals surface area contributed by atoms with Gasteiger partial charge >= 0.3 is 18.2 Å². The van der Waals surface area contributed by atoms with E-state index in [2.05, 4.69) is 79.7 Å². The van der Waals surface area contributed by atoms with Crippen molar-refractivity contribution in [3.8, 4) is 0 Å². The van der Waals surface area contributed by atoms with Crippen LogP contribution in [0.3, 0.4) is 0 Å². The molecule has 4 aromatic carbocycles. The van der Waals surface area contributed by atoms with Gasteiger partial charge in [0, 0.05) is 133 Å². The fourth-order valence-electron chi connectivity index (χ4n) is 10.3. The van der Waals surface area contributed by atoms with Crippen LogP contribution in [0.25, 0.3) is 43.6 Å². The van der Waals surface area contributed by atoms with Crippen molar-refractivity contribution in [3.63, 3.8) is 0 Å². The van der Waals surface area contributed by atoms with Crippen molar-refractivity contribution >= 4 is 102 Å². The van der Waals surface area contributed by atoms with Crippen molar-refractivity contribution in [2.75, 3.05) is 62.2 Å². The number of nitrogens with two attached hydrogens (primary N) is 1. The second kappa shape index (κ2) is 27.3. The van der Waals surface area contributed by atoms with E-state index in [-0.39, 0.29) is 23.7 Å². The van der Waals surface area contributed by atoms with Gasteiger partial charge in [-0.2, -0.15) is 10.2 Å². The minimum absolute atomic E-state index is 0.197. The molecule has 0 saturated carbocycles. The van der Waals surface area contributed by atoms with Crippen LogP contribution in [0.2, 0.25) is 10.0 Å². The number of benzene rings is 4. The van der Waals surface area contributed by atoms with Crippen LogP contribution in [-0.2, 0) is 35.4 Å². The van der Waals surface area contributed by atoms with Crippen LogP contribution in [-0.4, -0.2) is 143 Å². The zero-order chi connectivity index (χ0) is 63.0. The molecule has 89 heavy (non-hydrogen) atoms. The average Bonchev–Trinajstić information content (AvgIpc) is 2.81. The van der Waals surface area contributed by atoms with Gasteiger partial charge in [-0.1, -0.05) is 35.3 Å². The molecule has 460 valence electrons. The molecule has 3 amide bonds. The van der Waals surface area contributed by atoms with Gasteiger partial charge in [0.15, 0.2) is 0 Å². The van der Waals surface area contributed by atoms with Gasteiger partial charge < -0.3 is 45.2 Å². The number of anilines is 2. The van der Waals surface area contributed by atoms with Gasteiger partial charge in [-0.05, 0) is 150 Å². The van der Waals surface area contributed by atoms with Crippen LogP contribution in [0.4, 0.5) is 21.0 Å². The molecule has 21 nitrogen and oxygen atoms in total. The van der Waals surface area contributed by atoms with Crippen molar-refractivity contribution < 1.29 is 33.8 Å². The number of nitrogens with one attached hydrogen (secondary N) is 3. The van der Waals surface area contributed by atoms with E-state index >= 15 is 0 Å². The van der Waals surface area contributed by atoms with Gasteiger partial charge in [0.25, 0.3) is 5.91 Å². The summed E-state index contributed by atoms with van der Waals surface area (Å²) >= 11 is 12.0. The average molecular weight is 1240 g/mol. The molecule has 0 atom stereocenters. The molecule has 12 rings (SSSR count). The highest BCUT2D eigenvalue weighted by molar-refractivity contribution is 6.31. The fourth-order valence-corrected chi connectivity index (χ4v) is 10.7. The SMILES string of the molecule is CC(C)(C)OC(=O)N1CCN(c2cnc3ccc(Cc4cc(C(=O)NCc5[nH]nc6ccc(Cl)cc56)ccn4)cc3c2)CC1.CC(C)(C)OC(=O)N1CCN(c2cnc3ccc(Cc4cc(C(=O)O)ccn4)cc3c2)CC1.NCc1[nH]nc2ccc(Cl)cc12. The van der Waals surface area contributed by atoms with E-state index < -0.39 is 17.2 Å². The van der Waals surface area contributed by atoms with E-state index in [0.717, 1.165) is 83.2 Å². The van der Waals surface area contributed by atoms with Crippen LogP contribution >= 0.6 is 23.2 Å². The second-order valence-corrected chi connectivity index (χ2v) is 24.6. The number of hydrogen-bond acceptors (Lipinski definition) is 15. The molecule has 8 heterocycles. The lowest BCUT2D eigenvalue weighted by Gasteiger charge is -2.36. The van der Waals surface area contributed by atoms with Crippen molar-refractivity contribution in [1.82, 2.24) is 55.4 Å². The van der Waals surface area contributed by atoms with Gasteiger partial charge in [0.1, 0.15) is 11.2 Å². The number of piperazine rings is 2. The minimum Gasteiger partial charge on any atom is -0.478 e. The first-order valence-corrected chi connectivity index (χ1v) is 30.0. The number of aromatic amines is 2. The number of carbonyl (C=O) groups excluding carboxylic acids is 3. The lowest BCUT2D eigenvalue weighted by molar-refractivity contribution is 0.0230. The molecule has 2 fully saturated rings. The number of H-pyrrole nitrogens is 2. The molecule has 0 aliphatic carbocycles. The number of carboxylic acids is 1. The summed E-state index contributed by atoms with van der Waals surface area (Å²) in [6.07, 6.45) is 7.49. The van der Waals surface area contributed by atoms with Crippen molar-refractivity contribution in [1.29, 1.82) is 0 Å². The Morgan fingerprint density at radius 3 is 1.45 bits per heavy atom. The fraction of sp³-hybridized carbons (Fsp3) is 0.303. The molecule has 2 aliphatic rings. The van der Waals surface area contributed by atoms with E-state index in [1.807, 2.05) is 115 Å². The number of carbonyl (C=O) groups is 4. The summed E-state index contributed by atoms with van der Waals surface area (Å²) < 4.78 is 11.0. The van der Waals surface area contributed by atoms with E-state index in [4.69, 9.17) is 38.4 Å². The van der Waals surface area contributed by atoms with Crippen LogP contribution in [0.1, 0.15) is 96.2 Å². The number of hydrogen-bond donors (Lipinski definition) is 5. The van der Waals surface area contributed by atoms with E-state index in [1.54, 1.807) is 34.2 Å². The normalized spacial score (nSPS) is 13.6. The molecule has 0 radical (unpaired) electrons. The Morgan fingerprint density at radius 1 is 0.551 bits per heavy atom. The highest BCUT2D eigenvalue weighted by Crippen LogP contribution is 2.28. The largest absolute Gasteiger partial charge is 0.478 e. The van der Waals surface area contributed by atoms with E-state index in [0.29, 0.717) is 99.6 Å². The number of nitrogens with zero attached hydrogens (tertiary/aromatic N) is 10. The zero-order valence-corrected chi connectivity index (χ0v) is 51.9. The van der Waals surface area contributed by atoms with Gasteiger partial charge in [-0.3, -0.25) is 34.9 Å². The van der Waals surface area contributed by atoms with E-state index in [1.165, 1.54) is 12.3 Å². The molecule has 23 heteroatoms. The number of amides is 3. The molecule has 10 aromatic rings. The summed E-state index contributed by atoms with van der Waals surface area (Å²) in [5, 5.41) is 31.6. The standard InChI is InChI=1S/C33H34ClN7O3.C25H28N4O4.C8H8ClN3/c1-33(2,3)44-32(43)41-12-10-40(11-13-41)26-17-23-14-21(4-6-28(23)36-19-26)15-25-16-22(8-9-35-25)31(42)37-20-30-27-18-24(34)5-7-29(27)38-39-30;1-25(2,3)33-24(32)29-10-8-28(9-11-29)21-15-19-12-17(4-5-22(19)27-16-21)13-20-14-18(23(30)31)6-7-26-20;9-5-1-2-7-6(3-5)8(4-10)12-11-7/h4-9,14,16-19H,10-13,15,20H2,1-3H3,(H,37,42)(H,38,39);4-7,12,14-16H,8-11,13H2,1-3H3,(H,30,31);1-3H,4,10H2,(H,11,12). The minimum atomic E-state index is -0.960. The Labute approximate surface area is 524 Å². The summed E-state index contributed by atoms with van der Waals surface area (Å²) in [4.78, 5) is 75.0. The molecular formula is C66H70Cl2N14O7. The quantitative estimate of drug-likeness (QED) is 0.0806. The third-order valence-corrected chi connectivity index (χ3v) is 15.3. The Hall–Kier alpha value is -9.44. The third kappa shape index (κ3) is 16.4. The number of pyridine rings is 4. The molecule has 2 saturated heterocycles. The number of halogens is 2. The summed E-state index contributed by atoms with van der Waals surface area (Å²) in [6, 6.07) is 34.1. The molecule has 0 spiro atoms. The van der Waals surface area contributed by atoms with Gasteiger partial charge in [-0.15, -0.1) is 0 Å². The number of carboxylic acid groups (broad SMARTS) is 1. The predicted octanol–water partition coefficient (Wildman–Crippen LogP) is 11.4. The smallest absolute Gasteiger partial charge is 0.410 e. The Kier molecular flexibility index (Phi) is 19.2. The predicted molar refractivity (Wildman–Crippen MR) is 346 cm³/mol. The van der Waals surface area contributed by atoms with Gasteiger partial charge in [0.2, 0.25) is 0 Å². The Morgan fingerprint density at radius 2 is 0.989 bits per heavy atom. The van der Waals surface area contributed by atoms with Crippen molar-refractivity contribution in [3.05, 3.63) is 189 Å². The maximum Gasteiger partial charge on any atom is 0.410 e. The van der Waals surface area contributed by atoms with Crippen molar-refractivity contribution in [2.45, 2.75) is 78.7 Å². The number of fused-ring (bicyclic) bond motifs is 4. The van der Waals surface area contributed by atoms with Crippen LogP contribution in [0, 0.1) is 0 Å². The Balaban J connectivity index is 0.000000169. The topological polar surface area (TPSA) is 267 Å². The Bertz CT molecular complexity index is 4200. The third-order valence-electron chi connectivity index (χ3n) is 14.8. The van der Waals surface area contributed by atoms with Crippen LogP contribution in [0.5, 0.6) is 0 Å². The summed E-state index contributed by atoms with van der Waals surface area (Å²) in [6.45, 7) is 17.2. The lowest BCUT2D eigenvalue weighted by Crippen LogP contribution is -2.50. The maximum absolute atomic E-state index is 13.0. The highest BCUT2D eigenvalue weighted by Gasteiger charge is 2.28. The lowest BCUT2D eigenvalue weighted by atomic mass is 10.0. The number of aromatic carboxylic acids is 1. The molecule has 6 N–H and O–H groups in total. The number of ether oxygens (including phenoxy) is 2. The first-order valence-electron chi connectivity index (χ1n) is 29.2. The first-order chi connectivity index (χ1) is 42.6. The molecule has 0 unspecified atom stereocenters. The monoisotopic (exact) mass is 1240 g/mol. The van der Waals surface area contributed by atoms with Crippen LogP contribution in [0.15, 0.2) is 134 Å². The first kappa shape index (κ1) is 62.6. The second-order valence-electron chi connectivity index (χ2n) is 23.7. The summed E-state index contributed by atoms with van der Waals surface area (Å²) in [5.41, 5.74) is 16.1. The maximum atomic E-state index is 13.0. The van der Waals surface area contributed by atoms with Crippen molar-refractivity contribution in [2.24, 2.45) is 5.73 Å². The summed E-state index contributed by atoms with van der Waals surface area (Å²) in [7, 11) is 0. The zero-order valence-electron chi connectivity index (χ0n) is 50.4. The molecule has 2 aliphatic heterocycles. The summed E-state index contributed by atoms with van der Waals surface area (Å²) in [5.74, 6) is -1.16. The van der Waals surface area contributed by atoms with E-state index in [9.17, 15) is 24.3 Å². The van der Waals surface area contributed by atoms with Crippen LogP contribution < -0.4 is 20.9 Å². The molecule has 0 bridgehead atoms. The highest BCUT2D eigenvalue weighted by atomic mass is 35.5.